The Bertz CT molecular complexity index is 576. The molecule has 0 atom stereocenters. The smallest absolute Gasteiger partial charge is 0.261 e. The molecule has 0 heterocycles. The van der Waals surface area contributed by atoms with Crippen LogP contribution in [-0.2, 0) is 9.53 Å². The van der Waals surface area contributed by atoms with Crippen molar-refractivity contribution in [3.05, 3.63) is 29.3 Å². The van der Waals surface area contributed by atoms with Crippen molar-refractivity contribution in [1.29, 1.82) is 5.26 Å². The van der Waals surface area contributed by atoms with Crippen molar-refractivity contribution in [3.8, 4) is 17.6 Å². The Balaban J connectivity index is 2.83. The van der Waals surface area contributed by atoms with E-state index in [9.17, 15) is 4.79 Å². The Hall–Kier alpha value is -2.52. The molecular weight excluding hydrogens is 284 g/mol. The minimum absolute atomic E-state index is 0.0321. The van der Waals surface area contributed by atoms with Crippen LogP contribution >= 0.6 is 0 Å². The average molecular weight is 304 g/mol. The summed E-state index contributed by atoms with van der Waals surface area (Å²) >= 11 is 0. The molecule has 1 amide bonds. The fraction of sp³-hybridized carbons (Fsp3) is 0.375. The summed E-state index contributed by atoms with van der Waals surface area (Å²) in [5.74, 6) is 0.713. The molecule has 0 saturated heterocycles. The van der Waals surface area contributed by atoms with Crippen LogP contribution in [0.1, 0.15) is 12.0 Å². The van der Waals surface area contributed by atoms with E-state index in [2.05, 4.69) is 5.32 Å². The first-order valence-electron chi connectivity index (χ1n) is 6.77. The molecule has 6 heteroatoms. The second kappa shape index (κ2) is 9.42. The van der Waals surface area contributed by atoms with Gasteiger partial charge in [0.25, 0.3) is 5.91 Å². The van der Waals surface area contributed by atoms with E-state index in [1.54, 1.807) is 32.4 Å². The van der Waals surface area contributed by atoms with Crippen LogP contribution in [0.3, 0.4) is 0 Å². The molecule has 0 fully saturated rings. The maximum atomic E-state index is 11.9. The van der Waals surface area contributed by atoms with Crippen LogP contribution in [0.15, 0.2) is 23.8 Å². The molecule has 1 aromatic rings. The van der Waals surface area contributed by atoms with Gasteiger partial charge in [-0.25, -0.2) is 0 Å². The van der Waals surface area contributed by atoms with Gasteiger partial charge in [0.15, 0.2) is 11.5 Å². The lowest BCUT2D eigenvalue weighted by Gasteiger charge is -2.08. The van der Waals surface area contributed by atoms with Gasteiger partial charge in [0, 0.05) is 20.3 Å². The van der Waals surface area contributed by atoms with E-state index in [1.165, 1.54) is 13.2 Å². The summed E-state index contributed by atoms with van der Waals surface area (Å²) in [5.41, 5.74) is 0.714. The summed E-state index contributed by atoms with van der Waals surface area (Å²) in [5, 5.41) is 11.8. The number of amides is 1. The zero-order valence-corrected chi connectivity index (χ0v) is 13.0. The zero-order chi connectivity index (χ0) is 16.4. The molecule has 0 aliphatic carbocycles. The number of carbonyl (C=O) groups excluding carboxylic acids is 1. The van der Waals surface area contributed by atoms with Crippen molar-refractivity contribution >= 4 is 12.0 Å². The Labute approximate surface area is 130 Å². The lowest BCUT2D eigenvalue weighted by atomic mass is 10.1. The molecule has 0 spiro atoms. The van der Waals surface area contributed by atoms with Crippen LogP contribution in [0.4, 0.5) is 0 Å². The van der Waals surface area contributed by atoms with Gasteiger partial charge in [0.1, 0.15) is 11.6 Å². The van der Waals surface area contributed by atoms with Gasteiger partial charge in [-0.2, -0.15) is 5.26 Å². The van der Waals surface area contributed by atoms with Crippen molar-refractivity contribution < 1.29 is 19.0 Å². The predicted molar refractivity (Wildman–Crippen MR) is 82.6 cm³/mol. The first-order chi connectivity index (χ1) is 10.7. The van der Waals surface area contributed by atoms with Crippen molar-refractivity contribution in [3.63, 3.8) is 0 Å². The maximum absolute atomic E-state index is 11.9. The Morgan fingerprint density at radius 3 is 2.59 bits per heavy atom. The van der Waals surface area contributed by atoms with Crippen molar-refractivity contribution in [2.75, 3.05) is 34.5 Å². The molecule has 0 bridgehead atoms. The van der Waals surface area contributed by atoms with Crippen LogP contribution in [0.5, 0.6) is 11.5 Å². The lowest BCUT2D eigenvalue weighted by Crippen LogP contribution is -2.26. The molecule has 1 aromatic carbocycles. The number of hydrogen-bond acceptors (Lipinski definition) is 5. The SMILES string of the molecule is COCCCNC(=O)/C(C#N)=C/c1ccc(OC)c(OC)c1. The third-order valence-corrected chi connectivity index (χ3v) is 2.89. The third kappa shape index (κ3) is 5.11. The van der Waals surface area contributed by atoms with Crippen LogP contribution < -0.4 is 14.8 Å². The molecule has 0 aliphatic rings. The molecule has 1 N–H and O–H groups in total. The number of hydrogen-bond donors (Lipinski definition) is 1. The Kier molecular flexibility index (Phi) is 7.51. The van der Waals surface area contributed by atoms with Crippen molar-refractivity contribution in [2.24, 2.45) is 0 Å². The largest absolute Gasteiger partial charge is 0.493 e. The summed E-state index contributed by atoms with van der Waals surface area (Å²) < 4.78 is 15.2. The standard InChI is InChI=1S/C16H20N2O4/c1-20-8-4-7-18-16(19)13(11-17)9-12-5-6-14(21-2)15(10-12)22-3/h5-6,9-10H,4,7-8H2,1-3H3,(H,18,19)/b13-9+. The number of ether oxygens (including phenoxy) is 3. The summed E-state index contributed by atoms with van der Waals surface area (Å²) in [6.07, 6.45) is 2.20. The number of nitrogens with one attached hydrogen (secondary N) is 1. The predicted octanol–water partition coefficient (Wildman–Crippen LogP) is 1.76. The van der Waals surface area contributed by atoms with Gasteiger partial charge in [0.05, 0.1) is 14.2 Å². The zero-order valence-electron chi connectivity index (χ0n) is 13.0. The van der Waals surface area contributed by atoms with Crippen LogP contribution in [0.2, 0.25) is 0 Å². The summed E-state index contributed by atoms with van der Waals surface area (Å²) in [6, 6.07) is 7.07. The first kappa shape index (κ1) is 17.5. The van der Waals surface area contributed by atoms with E-state index >= 15 is 0 Å². The maximum Gasteiger partial charge on any atom is 0.261 e. The van der Waals surface area contributed by atoms with Crippen LogP contribution in [0, 0.1) is 11.3 Å². The van der Waals surface area contributed by atoms with E-state index in [4.69, 9.17) is 19.5 Å². The highest BCUT2D eigenvalue weighted by molar-refractivity contribution is 6.01. The second-order valence-electron chi connectivity index (χ2n) is 4.39. The van der Waals surface area contributed by atoms with Gasteiger partial charge in [-0.05, 0) is 30.2 Å². The number of nitriles is 1. The number of nitrogens with zero attached hydrogens (tertiary/aromatic N) is 1. The summed E-state index contributed by atoms with van der Waals surface area (Å²) in [4.78, 5) is 11.9. The van der Waals surface area contributed by atoms with Gasteiger partial charge >= 0.3 is 0 Å². The highest BCUT2D eigenvalue weighted by Gasteiger charge is 2.09. The third-order valence-electron chi connectivity index (χ3n) is 2.89. The van der Waals surface area contributed by atoms with E-state index < -0.39 is 5.91 Å². The molecule has 0 radical (unpaired) electrons. The van der Waals surface area contributed by atoms with Gasteiger partial charge in [-0.15, -0.1) is 0 Å². The van der Waals surface area contributed by atoms with Gasteiger partial charge in [-0.1, -0.05) is 6.07 Å². The van der Waals surface area contributed by atoms with Crippen molar-refractivity contribution in [2.45, 2.75) is 6.42 Å². The Morgan fingerprint density at radius 2 is 2.00 bits per heavy atom. The normalized spacial score (nSPS) is 10.7. The number of rotatable bonds is 8. The Morgan fingerprint density at radius 1 is 1.27 bits per heavy atom. The van der Waals surface area contributed by atoms with E-state index in [-0.39, 0.29) is 5.57 Å². The molecule has 118 valence electrons. The van der Waals surface area contributed by atoms with E-state index in [0.717, 1.165) is 0 Å². The molecule has 0 aromatic heterocycles. The fourth-order valence-corrected chi connectivity index (χ4v) is 1.77. The average Bonchev–Trinajstić information content (AvgIpc) is 2.56. The van der Waals surface area contributed by atoms with E-state index in [1.807, 2.05) is 6.07 Å². The van der Waals surface area contributed by atoms with Crippen LogP contribution in [0.25, 0.3) is 6.08 Å². The molecular formula is C16H20N2O4. The number of methoxy groups -OCH3 is 3. The van der Waals surface area contributed by atoms with Crippen molar-refractivity contribution in [1.82, 2.24) is 5.32 Å². The molecule has 6 nitrogen and oxygen atoms in total. The van der Waals surface area contributed by atoms with Gasteiger partial charge in [-0.3, -0.25) is 4.79 Å². The summed E-state index contributed by atoms with van der Waals surface area (Å²) in [6.45, 7) is 1.01. The highest BCUT2D eigenvalue weighted by atomic mass is 16.5. The summed E-state index contributed by atoms with van der Waals surface area (Å²) in [7, 11) is 4.67. The minimum atomic E-state index is -0.409. The van der Waals surface area contributed by atoms with Gasteiger partial charge in [0.2, 0.25) is 0 Å². The molecule has 0 aliphatic heterocycles. The molecule has 1 rings (SSSR count). The first-order valence-corrected chi connectivity index (χ1v) is 6.77. The second-order valence-corrected chi connectivity index (χ2v) is 4.39. The van der Waals surface area contributed by atoms with Crippen LogP contribution in [-0.4, -0.2) is 40.4 Å². The quantitative estimate of drug-likeness (QED) is 0.450. The number of benzene rings is 1. The monoisotopic (exact) mass is 304 g/mol. The number of carbonyl (C=O) groups is 1. The topological polar surface area (TPSA) is 80.6 Å². The van der Waals surface area contributed by atoms with Gasteiger partial charge < -0.3 is 19.5 Å². The minimum Gasteiger partial charge on any atom is -0.493 e. The fourth-order valence-electron chi connectivity index (χ4n) is 1.77. The van der Waals surface area contributed by atoms with E-state index in [0.29, 0.717) is 36.6 Å². The molecule has 0 unspecified atom stereocenters. The molecule has 22 heavy (non-hydrogen) atoms. The molecule has 0 saturated carbocycles. The lowest BCUT2D eigenvalue weighted by molar-refractivity contribution is -0.117. The highest BCUT2D eigenvalue weighted by Crippen LogP contribution is 2.28.